The Kier molecular flexibility index (Phi) is 4.14. The van der Waals surface area contributed by atoms with Crippen molar-refractivity contribution in [3.8, 4) is 0 Å². The Morgan fingerprint density at radius 3 is 2.55 bits per heavy atom. The van der Waals surface area contributed by atoms with E-state index in [1.807, 2.05) is 0 Å². The maximum absolute atomic E-state index is 13.0. The summed E-state index contributed by atoms with van der Waals surface area (Å²) < 4.78 is 25.8. The minimum absolute atomic E-state index is 0.125. The van der Waals surface area contributed by atoms with Crippen LogP contribution in [0.15, 0.2) is 36.4 Å². The summed E-state index contributed by atoms with van der Waals surface area (Å²) in [6.45, 7) is 0.125. The summed E-state index contributed by atoms with van der Waals surface area (Å²) in [7, 11) is 0. The largest absolute Gasteiger partial charge is 0.375 e. The molecule has 1 N–H and O–H groups in total. The SMILES string of the molecule is O=[N+]([O-])c1cc(Cl)ccc1NCc1ccc(F)c(F)c1. The van der Waals surface area contributed by atoms with E-state index in [-0.39, 0.29) is 22.9 Å². The molecule has 0 fully saturated rings. The molecule has 7 heteroatoms. The van der Waals surface area contributed by atoms with E-state index in [4.69, 9.17) is 11.6 Å². The van der Waals surface area contributed by atoms with Gasteiger partial charge >= 0.3 is 0 Å². The summed E-state index contributed by atoms with van der Waals surface area (Å²) in [6.07, 6.45) is 0. The minimum atomic E-state index is -0.963. The van der Waals surface area contributed by atoms with E-state index in [1.54, 1.807) is 0 Å². The highest BCUT2D eigenvalue weighted by atomic mass is 35.5. The van der Waals surface area contributed by atoms with Crippen LogP contribution in [-0.2, 0) is 6.54 Å². The molecule has 2 aromatic carbocycles. The number of rotatable bonds is 4. The molecule has 0 radical (unpaired) electrons. The van der Waals surface area contributed by atoms with E-state index in [2.05, 4.69) is 5.32 Å². The average Bonchev–Trinajstić information content (AvgIpc) is 2.41. The Morgan fingerprint density at radius 1 is 1.15 bits per heavy atom. The number of nitrogens with one attached hydrogen (secondary N) is 1. The number of hydrogen-bond acceptors (Lipinski definition) is 3. The summed E-state index contributed by atoms with van der Waals surface area (Å²) in [5.41, 5.74) is 0.539. The molecule has 0 aliphatic heterocycles. The number of anilines is 1. The summed E-state index contributed by atoms with van der Waals surface area (Å²) in [5, 5.41) is 13.9. The van der Waals surface area contributed by atoms with Crippen LogP contribution in [0.2, 0.25) is 5.02 Å². The Morgan fingerprint density at radius 2 is 1.90 bits per heavy atom. The normalized spacial score (nSPS) is 10.3. The van der Waals surface area contributed by atoms with Gasteiger partial charge in [-0.05, 0) is 29.8 Å². The molecule has 2 aromatic rings. The van der Waals surface area contributed by atoms with Crippen LogP contribution >= 0.6 is 11.6 Å². The second-order valence-electron chi connectivity index (χ2n) is 4.02. The maximum atomic E-state index is 13.0. The molecule has 0 heterocycles. The molecule has 0 saturated carbocycles. The first kappa shape index (κ1) is 14.2. The molecule has 104 valence electrons. The third kappa shape index (κ3) is 3.21. The van der Waals surface area contributed by atoms with Gasteiger partial charge in [-0.25, -0.2) is 8.78 Å². The third-order valence-corrected chi connectivity index (χ3v) is 2.86. The predicted molar refractivity (Wildman–Crippen MR) is 71.8 cm³/mol. The van der Waals surface area contributed by atoms with Crippen molar-refractivity contribution in [1.29, 1.82) is 0 Å². The average molecular weight is 299 g/mol. The number of nitro groups is 1. The van der Waals surface area contributed by atoms with E-state index < -0.39 is 16.6 Å². The van der Waals surface area contributed by atoms with E-state index in [9.17, 15) is 18.9 Å². The van der Waals surface area contributed by atoms with E-state index in [0.29, 0.717) is 5.56 Å². The lowest BCUT2D eigenvalue weighted by Crippen LogP contribution is -2.03. The molecular formula is C13H9ClF2N2O2. The molecule has 0 aromatic heterocycles. The molecule has 0 bridgehead atoms. The first-order valence-corrected chi connectivity index (χ1v) is 5.97. The Labute approximate surface area is 118 Å². The third-order valence-electron chi connectivity index (χ3n) is 2.62. The molecule has 0 atom stereocenters. The lowest BCUT2D eigenvalue weighted by molar-refractivity contribution is -0.383. The van der Waals surface area contributed by atoms with Crippen molar-refractivity contribution in [2.75, 3.05) is 5.32 Å². The van der Waals surface area contributed by atoms with Gasteiger partial charge in [-0.3, -0.25) is 10.1 Å². The van der Waals surface area contributed by atoms with Crippen LogP contribution in [0.1, 0.15) is 5.56 Å². The summed E-state index contributed by atoms with van der Waals surface area (Å²) in [4.78, 5) is 10.3. The van der Waals surface area contributed by atoms with Gasteiger partial charge in [0.2, 0.25) is 0 Å². The van der Waals surface area contributed by atoms with Crippen molar-refractivity contribution >= 4 is 23.0 Å². The lowest BCUT2D eigenvalue weighted by atomic mass is 10.2. The first-order chi connectivity index (χ1) is 9.47. The highest BCUT2D eigenvalue weighted by molar-refractivity contribution is 6.30. The topological polar surface area (TPSA) is 55.2 Å². The molecule has 0 unspecified atom stereocenters. The molecule has 20 heavy (non-hydrogen) atoms. The van der Waals surface area contributed by atoms with Crippen LogP contribution < -0.4 is 5.32 Å². The van der Waals surface area contributed by atoms with Gasteiger partial charge in [-0.15, -0.1) is 0 Å². The van der Waals surface area contributed by atoms with Gasteiger partial charge in [0.05, 0.1) is 4.92 Å². The molecule has 0 aliphatic carbocycles. The molecule has 0 saturated heterocycles. The smallest absolute Gasteiger partial charge is 0.293 e. The number of nitro benzene ring substituents is 1. The van der Waals surface area contributed by atoms with Gasteiger partial charge in [0.1, 0.15) is 5.69 Å². The minimum Gasteiger partial charge on any atom is -0.375 e. The van der Waals surface area contributed by atoms with Crippen molar-refractivity contribution in [2.45, 2.75) is 6.54 Å². The first-order valence-electron chi connectivity index (χ1n) is 5.59. The Bertz CT molecular complexity index is 665. The summed E-state index contributed by atoms with van der Waals surface area (Å²) in [5.74, 6) is -1.90. The standard InChI is InChI=1S/C13H9ClF2N2O2/c14-9-2-4-12(13(6-9)18(19)20)17-7-8-1-3-10(15)11(16)5-8/h1-6,17H,7H2. The molecule has 2 rings (SSSR count). The van der Waals surface area contributed by atoms with Crippen molar-refractivity contribution in [1.82, 2.24) is 0 Å². The molecule has 4 nitrogen and oxygen atoms in total. The van der Waals surface area contributed by atoms with Crippen molar-refractivity contribution < 1.29 is 13.7 Å². The van der Waals surface area contributed by atoms with Crippen LogP contribution in [0.25, 0.3) is 0 Å². The number of halogens is 3. The monoisotopic (exact) mass is 298 g/mol. The zero-order valence-electron chi connectivity index (χ0n) is 10.1. The fourth-order valence-electron chi connectivity index (χ4n) is 1.65. The van der Waals surface area contributed by atoms with Crippen LogP contribution in [0.4, 0.5) is 20.2 Å². The van der Waals surface area contributed by atoms with Gasteiger partial charge in [-0.2, -0.15) is 0 Å². The molecule has 0 spiro atoms. The highest BCUT2D eigenvalue weighted by Gasteiger charge is 2.14. The van der Waals surface area contributed by atoms with Gasteiger partial charge < -0.3 is 5.32 Å². The number of nitrogens with zero attached hydrogens (tertiary/aromatic N) is 1. The van der Waals surface area contributed by atoms with Crippen molar-refractivity contribution in [3.05, 3.63) is 68.7 Å². The van der Waals surface area contributed by atoms with Crippen molar-refractivity contribution in [2.24, 2.45) is 0 Å². The second kappa shape index (κ2) is 5.83. The van der Waals surface area contributed by atoms with Crippen molar-refractivity contribution in [3.63, 3.8) is 0 Å². The fraction of sp³-hybridized carbons (Fsp3) is 0.0769. The lowest BCUT2D eigenvalue weighted by Gasteiger charge is -2.08. The van der Waals surface area contributed by atoms with Crippen LogP contribution in [0, 0.1) is 21.7 Å². The summed E-state index contributed by atoms with van der Waals surface area (Å²) >= 11 is 5.69. The molecular weight excluding hydrogens is 290 g/mol. The fourth-order valence-corrected chi connectivity index (χ4v) is 1.82. The predicted octanol–water partition coefficient (Wildman–Crippen LogP) is 4.14. The molecule has 0 amide bonds. The van der Waals surface area contributed by atoms with Crippen LogP contribution in [-0.4, -0.2) is 4.92 Å². The van der Waals surface area contributed by atoms with Crippen LogP contribution in [0.5, 0.6) is 0 Å². The van der Waals surface area contributed by atoms with Gasteiger partial charge in [0.25, 0.3) is 5.69 Å². The van der Waals surface area contributed by atoms with Gasteiger partial charge in [0.15, 0.2) is 11.6 Å². The van der Waals surface area contributed by atoms with E-state index >= 15 is 0 Å². The van der Waals surface area contributed by atoms with Gasteiger partial charge in [-0.1, -0.05) is 17.7 Å². The molecule has 0 aliphatic rings. The number of benzene rings is 2. The zero-order chi connectivity index (χ0) is 14.7. The Balaban J connectivity index is 2.18. The van der Waals surface area contributed by atoms with Gasteiger partial charge in [0, 0.05) is 17.6 Å². The second-order valence-corrected chi connectivity index (χ2v) is 4.46. The number of hydrogen-bond donors (Lipinski definition) is 1. The Hall–Kier alpha value is -2.21. The highest BCUT2D eigenvalue weighted by Crippen LogP contribution is 2.28. The summed E-state index contributed by atoms with van der Waals surface area (Å²) in [6, 6.07) is 7.61. The quantitative estimate of drug-likeness (QED) is 0.682. The zero-order valence-corrected chi connectivity index (χ0v) is 10.8. The van der Waals surface area contributed by atoms with E-state index in [1.165, 1.54) is 24.3 Å². The maximum Gasteiger partial charge on any atom is 0.293 e. The van der Waals surface area contributed by atoms with Crippen LogP contribution in [0.3, 0.4) is 0 Å². The van der Waals surface area contributed by atoms with E-state index in [0.717, 1.165) is 12.1 Å².